The van der Waals surface area contributed by atoms with Crippen LogP contribution in [0.3, 0.4) is 0 Å². The molecule has 0 unspecified atom stereocenters. The summed E-state index contributed by atoms with van der Waals surface area (Å²) in [6, 6.07) is 58.8. The molecular formula is C48H27NO2S. The van der Waals surface area contributed by atoms with Crippen molar-refractivity contribution in [2.45, 2.75) is 0 Å². The Hall–Kier alpha value is -6.62. The molecule has 0 N–H and O–H groups in total. The van der Waals surface area contributed by atoms with Crippen molar-refractivity contribution in [3.8, 4) is 27.9 Å². The standard InChI is InChI=1S/C48H27NO2S/c1-5-19-39-37(13-1)45-40(23-24-44-46(45)38-14-4-8-22-43(38)52-44)49(39)30-26-28(31-15-9-17-35-33-11-2-6-20-41(33)50-47(31)35)25-29(27-30)32-16-10-18-36-34-12-3-7-21-42(34)51-48(32)36/h1-27H. The average Bonchev–Trinajstić information content (AvgIpc) is 3.96. The molecule has 0 aliphatic carbocycles. The summed E-state index contributed by atoms with van der Waals surface area (Å²) in [5.41, 5.74) is 11.3. The Balaban J connectivity index is 1.21. The molecule has 0 saturated heterocycles. The van der Waals surface area contributed by atoms with Crippen LogP contribution in [0.15, 0.2) is 173 Å². The highest BCUT2D eigenvalue weighted by atomic mass is 32.1. The fourth-order valence-electron chi connectivity index (χ4n) is 8.55. The highest BCUT2D eigenvalue weighted by molar-refractivity contribution is 7.26. The van der Waals surface area contributed by atoms with E-state index in [-0.39, 0.29) is 0 Å². The second kappa shape index (κ2) is 10.5. The van der Waals surface area contributed by atoms with Gasteiger partial charge >= 0.3 is 0 Å². The number of thiophene rings is 1. The summed E-state index contributed by atoms with van der Waals surface area (Å²) in [5.74, 6) is 0. The zero-order valence-electron chi connectivity index (χ0n) is 27.8. The number of hydrogen-bond acceptors (Lipinski definition) is 3. The highest BCUT2D eigenvalue weighted by Crippen LogP contribution is 2.45. The van der Waals surface area contributed by atoms with E-state index in [0.717, 1.165) is 71.8 Å². The fourth-order valence-corrected chi connectivity index (χ4v) is 9.67. The second-order valence-corrected chi connectivity index (χ2v) is 14.7. The molecular weight excluding hydrogens is 655 g/mol. The molecule has 0 saturated carbocycles. The van der Waals surface area contributed by atoms with Gasteiger partial charge in [0.1, 0.15) is 22.3 Å². The molecule has 8 aromatic carbocycles. The number of rotatable bonds is 3. The van der Waals surface area contributed by atoms with E-state index in [1.807, 2.05) is 23.5 Å². The van der Waals surface area contributed by atoms with Crippen LogP contribution in [0.4, 0.5) is 0 Å². The zero-order valence-corrected chi connectivity index (χ0v) is 28.6. The largest absolute Gasteiger partial charge is 0.455 e. The molecule has 0 spiro atoms. The van der Waals surface area contributed by atoms with Gasteiger partial charge in [0.2, 0.25) is 0 Å². The molecule has 0 atom stereocenters. The molecule has 0 aliphatic heterocycles. The van der Waals surface area contributed by atoms with Crippen LogP contribution in [0, 0.1) is 0 Å². The molecule has 4 heteroatoms. The first kappa shape index (κ1) is 28.1. The Bertz CT molecular complexity index is 3290. The lowest BCUT2D eigenvalue weighted by Gasteiger charge is -2.14. The number of fused-ring (bicyclic) bond motifs is 13. The van der Waals surface area contributed by atoms with Crippen molar-refractivity contribution >= 4 is 97.2 Å². The van der Waals surface area contributed by atoms with Crippen LogP contribution >= 0.6 is 11.3 Å². The van der Waals surface area contributed by atoms with Gasteiger partial charge in [-0.2, -0.15) is 0 Å². The average molecular weight is 682 g/mol. The molecule has 242 valence electrons. The van der Waals surface area contributed by atoms with Gasteiger partial charge in [-0.25, -0.2) is 0 Å². The van der Waals surface area contributed by atoms with E-state index in [0.29, 0.717) is 0 Å². The SMILES string of the molecule is c1ccc2c(c1)oc1c(-c3cc(-c4cccc5c4oc4ccccc45)cc(-n4c5ccccc5c5c6c(ccc54)sc4ccccc46)c3)cccc12. The van der Waals surface area contributed by atoms with Crippen molar-refractivity contribution < 1.29 is 8.83 Å². The van der Waals surface area contributed by atoms with Crippen LogP contribution in [-0.2, 0) is 0 Å². The summed E-state index contributed by atoms with van der Waals surface area (Å²) in [4.78, 5) is 0. The summed E-state index contributed by atoms with van der Waals surface area (Å²) in [7, 11) is 0. The quantitative estimate of drug-likeness (QED) is 0.186. The maximum absolute atomic E-state index is 6.62. The topological polar surface area (TPSA) is 31.2 Å². The number of nitrogens with zero attached hydrogens (tertiary/aromatic N) is 1. The third-order valence-electron chi connectivity index (χ3n) is 10.8. The Morgan fingerprint density at radius 2 is 0.942 bits per heavy atom. The van der Waals surface area contributed by atoms with Crippen molar-refractivity contribution in [2.75, 3.05) is 0 Å². The van der Waals surface area contributed by atoms with Gasteiger partial charge in [0.25, 0.3) is 0 Å². The van der Waals surface area contributed by atoms with Crippen molar-refractivity contribution in [1.82, 2.24) is 4.57 Å². The van der Waals surface area contributed by atoms with Crippen LogP contribution in [-0.4, -0.2) is 4.57 Å². The lowest BCUT2D eigenvalue weighted by Crippen LogP contribution is -1.96. The molecule has 12 rings (SSSR count). The lowest BCUT2D eigenvalue weighted by atomic mass is 9.95. The van der Waals surface area contributed by atoms with Crippen molar-refractivity contribution in [2.24, 2.45) is 0 Å². The molecule has 0 aliphatic rings. The van der Waals surface area contributed by atoms with E-state index in [9.17, 15) is 0 Å². The maximum Gasteiger partial charge on any atom is 0.143 e. The van der Waals surface area contributed by atoms with E-state index < -0.39 is 0 Å². The smallest absolute Gasteiger partial charge is 0.143 e. The van der Waals surface area contributed by atoms with E-state index in [4.69, 9.17) is 8.83 Å². The fraction of sp³-hybridized carbons (Fsp3) is 0. The highest BCUT2D eigenvalue weighted by Gasteiger charge is 2.21. The third kappa shape index (κ3) is 3.84. The molecule has 52 heavy (non-hydrogen) atoms. The first-order chi connectivity index (χ1) is 25.8. The van der Waals surface area contributed by atoms with Crippen molar-refractivity contribution in [3.63, 3.8) is 0 Å². The van der Waals surface area contributed by atoms with Crippen molar-refractivity contribution in [3.05, 3.63) is 164 Å². The molecule has 0 radical (unpaired) electrons. The Morgan fingerprint density at radius 1 is 0.385 bits per heavy atom. The minimum Gasteiger partial charge on any atom is -0.455 e. The number of para-hydroxylation sites is 5. The number of benzene rings is 8. The van der Waals surface area contributed by atoms with Crippen LogP contribution in [0.5, 0.6) is 0 Å². The summed E-state index contributed by atoms with van der Waals surface area (Å²) in [6.07, 6.45) is 0. The molecule has 0 bridgehead atoms. The monoisotopic (exact) mass is 681 g/mol. The van der Waals surface area contributed by atoms with Gasteiger partial charge in [0, 0.05) is 69.3 Å². The van der Waals surface area contributed by atoms with E-state index in [1.165, 1.54) is 42.0 Å². The first-order valence-electron chi connectivity index (χ1n) is 17.6. The van der Waals surface area contributed by atoms with Gasteiger partial charge in [-0.05, 0) is 65.7 Å². The van der Waals surface area contributed by atoms with Gasteiger partial charge in [0.05, 0.1) is 11.0 Å². The summed E-state index contributed by atoms with van der Waals surface area (Å²) in [5, 5.41) is 9.64. The number of furan rings is 2. The van der Waals surface area contributed by atoms with Gasteiger partial charge in [-0.3, -0.25) is 0 Å². The summed E-state index contributed by atoms with van der Waals surface area (Å²) < 4.78 is 18.3. The van der Waals surface area contributed by atoms with E-state index in [1.54, 1.807) is 0 Å². The minimum atomic E-state index is 0.891. The van der Waals surface area contributed by atoms with E-state index >= 15 is 0 Å². The molecule has 4 heterocycles. The Kier molecular flexibility index (Phi) is 5.65. The van der Waals surface area contributed by atoms with Crippen LogP contribution in [0.2, 0.25) is 0 Å². The number of hydrogen-bond donors (Lipinski definition) is 0. The van der Waals surface area contributed by atoms with Crippen LogP contribution in [0.1, 0.15) is 0 Å². The summed E-state index contributed by atoms with van der Waals surface area (Å²) in [6.45, 7) is 0. The molecule has 12 aromatic rings. The van der Waals surface area contributed by atoms with E-state index in [2.05, 4.69) is 156 Å². The summed E-state index contributed by atoms with van der Waals surface area (Å²) >= 11 is 1.86. The molecule has 0 amide bonds. The van der Waals surface area contributed by atoms with Crippen molar-refractivity contribution in [1.29, 1.82) is 0 Å². The normalized spacial score (nSPS) is 12.2. The number of aromatic nitrogens is 1. The second-order valence-electron chi connectivity index (χ2n) is 13.6. The van der Waals surface area contributed by atoms with Gasteiger partial charge in [-0.1, -0.05) is 109 Å². The molecule has 0 fully saturated rings. The predicted molar refractivity (Wildman–Crippen MR) is 219 cm³/mol. The van der Waals surface area contributed by atoms with Gasteiger partial charge in [-0.15, -0.1) is 11.3 Å². The predicted octanol–water partition coefficient (Wildman–Crippen LogP) is 14.3. The van der Waals surface area contributed by atoms with Crippen LogP contribution < -0.4 is 0 Å². The van der Waals surface area contributed by atoms with Crippen LogP contribution in [0.25, 0.3) is 114 Å². The third-order valence-corrected chi connectivity index (χ3v) is 11.9. The Morgan fingerprint density at radius 3 is 1.62 bits per heavy atom. The minimum absolute atomic E-state index is 0.891. The van der Waals surface area contributed by atoms with Gasteiger partial charge in [0.15, 0.2) is 0 Å². The first-order valence-corrected chi connectivity index (χ1v) is 18.4. The Labute approximate surface area is 301 Å². The molecule has 3 nitrogen and oxygen atoms in total. The van der Waals surface area contributed by atoms with Gasteiger partial charge < -0.3 is 13.4 Å². The maximum atomic E-state index is 6.62. The zero-order chi connectivity index (χ0) is 33.9. The molecule has 4 aromatic heterocycles. The lowest BCUT2D eigenvalue weighted by molar-refractivity contribution is 0.670.